The summed E-state index contributed by atoms with van der Waals surface area (Å²) in [5.41, 5.74) is -2.00. The molecule has 3 aliphatic rings. The zero-order valence-corrected chi connectivity index (χ0v) is 65.2. The number of benzene rings is 6. The van der Waals surface area contributed by atoms with Crippen molar-refractivity contribution in [2.24, 2.45) is 0 Å². The van der Waals surface area contributed by atoms with Crippen LogP contribution >= 0.6 is 0 Å². The van der Waals surface area contributed by atoms with Gasteiger partial charge in [-0.2, -0.15) is 65.9 Å². The third-order valence-electron chi connectivity index (χ3n) is 16.1. The minimum atomic E-state index is -4.63. The highest BCUT2D eigenvalue weighted by atomic mass is 19.4. The first-order valence-corrected chi connectivity index (χ1v) is 34.5. The summed E-state index contributed by atoms with van der Waals surface area (Å²) in [6, 6.07) is 20.0. The molecule has 0 aromatic heterocycles. The summed E-state index contributed by atoms with van der Waals surface area (Å²) in [4.78, 5) is 0. The highest BCUT2D eigenvalue weighted by Gasteiger charge is 2.38. The van der Waals surface area contributed by atoms with Crippen molar-refractivity contribution in [2.75, 3.05) is 39.6 Å². The van der Waals surface area contributed by atoms with Crippen LogP contribution in [0, 0.1) is 71.2 Å². The normalized spacial score (nSPS) is 15.0. The number of hydrogen-bond acceptors (Lipinski definition) is 0. The van der Waals surface area contributed by atoms with E-state index in [0.29, 0.717) is 34.9 Å². The molecule has 6 aromatic rings. The molecule has 6 aromatic carbocycles. The minimum Gasteiger partial charge on any atom is -0.570 e. The fraction of sp³-hybridized carbons (Fsp3) is 0.530. The Hall–Kier alpha value is -6.20. The van der Waals surface area contributed by atoms with Crippen molar-refractivity contribution in [2.45, 2.75) is 247 Å². The van der Waals surface area contributed by atoms with Crippen LogP contribution in [0.2, 0.25) is 0 Å². The topological polar surface area (TPSA) is 8.10 Å². The van der Waals surface area contributed by atoms with Gasteiger partial charge in [0.15, 0.2) is 0 Å². The van der Waals surface area contributed by atoms with Crippen LogP contribution in [0.5, 0.6) is 0 Å². The Balaban J connectivity index is 0.000000606. The minimum absolute atomic E-state index is 0.0751. The Morgan fingerprint density at radius 1 is 0.264 bits per heavy atom. The molecule has 0 unspecified atom stereocenters. The molecule has 3 saturated heterocycles. The highest BCUT2D eigenvalue weighted by Crippen LogP contribution is 2.40. The van der Waals surface area contributed by atoms with Crippen LogP contribution in [-0.2, 0) is 76.5 Å². The molecule has 0 bridgehead atoms. The van der Waals surface area contributed by atoms with Gasteiger partial charge in [0.05, 0.1) is 27.8 Å². The Morgan fingerprint density at radius 2 is 0.528 bits per heavy atom. The first kappa shape index (κ1) is 97.8. The summed E-state index contributed by atoms with van der Waals surface area (Å²) in [7, 11) is 11.1. The third-order valence-corrected chi connectivity index (χ3v) is 16.1. The maximum absolute atomic E-state index is 13.5. The molecule has 0 saturated carbocycles. The molecular formula is C83H110F20O3. The van der Waals surface area contributed by atoms with Crippen LogP contribution in [0.25, 0.3) is 0 Å². The van der Waals surface area contributed by atoms with E-state index in [0.717, 1.165) is 68.5 Å². The van der Waals surface area contributed by atoms with Crippen molar-refractivity contribution in [3.05, 3.63) is 231 Å². The maximum Gasteiger partial charge on any atom is 0.419 e. The smallest absolute Gasteiger partial charge is 0.419 e. The number of hydrogen-bond donors (Lipinski definition) is 0. The van der Waals surface area contributed by atoms with Crippen LogP contribution < -0.4 is 0 Å². The molecule has 23 heteroatoms. The van der Waals surface area contributed by atoms with Gasteiger partial charge in [0.1, 0.15) is 68.7 Å². The lowest BCUT2D eigenvalue weighted by molar-refractivity contribution is -0.140. The Kier molecular flexibility index (Phi) is 36.4. The summed E-state index contributed by atoms with van der Waals surface area (Å²) >= 11 is 0. The monoisotopic (exact) mass is 1530 g/mol. The van der Waals surface area contributed by atoms with Gasteiger partial charge in [-0.1, -0.05) is 199 Å². The Labute approximate surface area is 617 Å². The average molecular weight is 1540 g/mol. The van der Waals surface area contributed by atoms with Gasteiger partial charge >= 0.3 is 30.9 Å². The summed E-state index contributed by atoms with van der Waals surface area (Å²) < 4.78 is 261. The van der Waals surface area contributed by atoms with Crippen molar-refractivity contribution in [1.82, 2.24) is 0 Å². The lowest BCUT2D eigenvalue weighted by Crippen LogP contribution is -2.17. The van der Waals surface area contributed by atoms with Crippen LogP contribution in [0.15, 0.2) is 103 Å². The SMILES string of the molecule is CC(C)(C)c1c(F)cc(F)cc1F.CC(C)(C)c1ccc(C(F)(F)F)cc1F.CC(C)(C)c1cccc(C(F)(F)F)c1F.Cc1cc(C(C)(C)C)cc(C(F)(F)F)c1.Cc1cc(C(C)(C)C)cc(C(F)(F)F)c1.Cc1cc(C(C)(C)C)cc(C(F)(F)F)c1.[CH2-][O+]1CCCC1.[CH2-][O+]1CCCC1.[CH2-][O+]1CCCC1. The van der Waals surface area contributed by atoms with Gasteiger partial charge in [0, 0.05) is 56.2 Å². The molecule has 3 aliphatic heterocycles. The maximum atomic E-state index is 13.5. The van der Waals surface area contributed by atoms with Gasteiger partial charge < -0.3 is 13.1 Å². The second kappa shape index (κ2) is 39.4. The standard InChI is InChI=1S/3C12H15F3.2C11H12F4.C10H11F3.3C5H10O/c3*1-8-5-9(11(2,3)4)7-10(6-8)12(13,14)15;1-10(2,3)8-5-4-7(6-9(8)12)11(13,14)15;1-10(2,3)7-5-4-6-8(9(7)12)11(13,14)15;1-10(2,3)9-7(12)4-6(11)5-8(9)13;3*1-6-4-2-3-5-6/h3*5-7H,1-4H3;2*4-6H,1-3H3;4-5H,1-3H3;3*1-5H2. The molecule has 9 rings (SSSR count). The molecule has 0 aliphatic carbocycles. The van der Waals surface area contributed by atoms with E-state index in [1.807, 2.05) is 62.3 Å². The number of rotatable bonds is 0. The van der Waals surface area contributed by atoms with Crippen molar-refractivity contribution < 1.29 is 101 Å². The van der Waals surface area contributed by atoms with Gasteiger partial charge in [-0.3, -0.25) is 0 Å². The average Bonchev–Trinajstić information content (AvgIpc) is 1.04. The quantitative estimate of drug-likeness (QED) is 0.0814. The molecule has 3 heterocycles. The molecular weight excluding hydrogens is 1420 g/mol. The molecule has 0 amide bonds. The molecule has 3 fully saturated rings. The largest absolute Gasteiger partial charge is 0.570 e. The van der Waals surface area contributed by atoms with Crippen LogP contribution in [0.1, 0.15) is 241 Å². The zero-order valence-electron chi connectivity index (χ0n) is 65.2. The second-order valence-corrected chi connectivity index (χ2v) is 32.5. The molecule has 0 N–H and O–H groups in total. The number of alkyl halides is 15. The molecule has 3 nitrogen and oxygen atoms in total. The van der Waals surface area contributed by atoms with E-state index >= 15 is 0 Å². The summed E-state index contributed by atoms with van der Waals surface area (Å²) in [6.07, 6.45) is -14.0. The molecule has 600 valence electrons. The van der Waals surface area contributed by atoms with Gasteiger partial charge in [0.2, 0.25) is 0 Å². The van der Waals surface area contributed by atoms with Crippen LogP contribution in [-0.4, -0.2) is 39.6 Å². The molecule has 0 spiro atoms. The molecule has 0 radical (unpaired) electrons. The lowest BCUT2D eigenvalue weighted by atomic mass is 9.85. The molecule has 106 heavy (non-hydrogen) atoms. The summed E-state index contributed by atoms with van der Waals surface area (Å²) in [5.74, 6) is -4.52. The zero-order chi connectivity index (χ0) is 82.7. The van der Waals surface area contributed by atoms with E-state index in [-0.39, 0.29) is 32.9 Å². The number of aryl methyl sites for hydroxylation is 3. The predicted molar refractivity (Wildman–Crippen MR) is 386 cm³/mol. The van der Waals surface area contributed by atoms with E-state index in [2.05, 4.69) is 34.4 Å². The van der Waals surface area contributed by atoms with Crippen LogP contribution in [0.3, 0.4) is 0 Å². The summed E-state index contributed by atoms with van der Waals surface area (Å²) in [5, 5.41) is 0. The van der Waals surface area contributed by atoms with Gasteiger partial charge in [-0.05, 0) is 136 Å². The molecule has 0 atom stereocenters. The highest BCUT2D eigenvalue weighted by molar-refractivity contribution is 5.38. The first-order valence-electron chi connectivity index (χ1n) is 34.5. The van der Waals surface area contributed by atoms with E-state index in [4.69, 9.17) is 0 Å². The van der Waals surface area contributed by atoms with E-state index in [9.17, 15) is 87.8 Å². The van der Waals surface area contributed by atoms with Gasteiger partial charge in [-0.25, -0.2) is 22.0 Å². The van der Waals surface area contributed by atoms with Crippen molar-refractivity contribution in [1.29, 1.82) is 0 Å². The van der Waals surface area contributed by atoms with Crippen molar-refractivity contribution in [3.8, 4) is 0 Å². The second-order valence-electron chi connectivity index (χ2n) is 32.5. The van der Waals surface area contributed by atoms with Gasteiger partial charge in [0.25, 0.3) is 0 Å². The van der Waals surface area contributed by atoms with E-state index < -0.39 is 104 Å². The van der Waals surface area contributed by atoms with Gasteiger partial charge in [-0.15, -0.1) is 0 Å². The van der Waals surface area contributed by atoms with E-state index in [1.165, 1.54) is 93.1 Å². The van der Waals surface area contributed by atoms with Crippen molar-refractivity contribution >= 4 is 0 Å². The Morgan fingerprint density at radius 3 is 0.736 bits per heavy atom. The predicted octanol–water partition coefficient (Wildman–Crippen LogP) is 28.0. The lowest BCUT2D eigenvalue weighted by Gasteiger charge is -2.21. The van der Waals surface area contributed by atoms with Crippen molar-refractivity contribution in [3.63, 3.8) is 0 Å². The third kappa shape index (κ3) is 35.9. The fourth-order valence-corrected chi connectivity index (χ4v) is 10.2. The first-order chi connectivity index (χ1) is 47.6. The number of halogens is 20. The van der Waals surface area contributed by atoms with Crippen LogP contribution in [0.4, 0.5) is 87.8 Å². The Bertz CT molecular complexity index is 3270. The summed E-state index contributed by atoms with van der Waals surface area (Å²) in [6.45, 7) is 44.2. The fourth-order valence-electron chi connectivity index (χ4n) is 10.2. The van der Waals surface area contributed by atoms with E-state index in [1.54, 1.807) is 101 Å².